The second-order valence-corrected chi connectivity index (χ2v) is 10.2. The van der Waals surface area contributed by atoms with Crippen LogP contribution in [0.25, 0.3) is 0 Å². The van der Waals surface area contributed by atoms with E-state index in [-0.39, 0.29) is 30.2 Å². The highest BCUT2D eigenvalue weighted by atomic mass is 35.5. The van der Waals surface area contributed by atoms with Crippen LogP contribution in [-0.4, -0.2) is 87.4 Å². The first-order chi connectivity index (χ1) is 17.9. The zero-order chi connectivity index (χ0) is 25.9. The number of hydrogen-bond donors (Lipinski definition) is 1. The highest BCUT2D eigenvalue weighted by molar-refractivity contribution is 6.32. The molecule has 2 aromatic rings. The van der Waals surface area contributed by atoms with Gasteiger partial charge in [0.1, 0.15) is 11.4 Å². The number of aromatic nitrogens is 3. The van der Waals surface area contributed by atoms with E-state index in [0.717, 1.165) is 0 Å². The molecule has 0 radical (unpaired) electrons. The van der Waals surface area contributed by atoms with Crippen LogP contribution >= 0.6 is 11.6 Å². The lowest BCUT2D eigenvalue weighted by atomic mass is 9.95. The fraction of sp³-hybridized carbons (Fsp3) is 0.560. The molecular weight excluding hydrogens is 500 g/mol. The largest absolute Gasteiger partial charge is 0.492 e. The summed E-state index contributed by atoms with van der Waals surface area (Å²) in [6.07, 6.45) is 3.37. The number of nitrogens with one attached hydrogen (secondary N) is 1. The Labute approximate surface area is 220 Å². The van der Waals surface area contributed by atoms with Gasteiger partial charge in [-0.3, -0.25) is 19.1 Å². The number of aryl methyl sites for hydroxylation is 1. The van der Waals surface area contributed by atoms with Crippen molar-refractivity contribution in [3.63, 3.8) is 0 Å². The van der Waals surface area contributed by atoms with Crippen molar-refractivity contribution in [1.82, 2.24) is 30.1 Å². The number of carbonyl (C=O) groups excluding carboxylic acids is 3. The minimum Gasteiger partial charge on any atom is -0.492 e. The van der Waals surface area contributed by atoms with Gasteiger partial charge in [0.2, 0.25) is 11.8 Å². The van der Waals surface area contributed by atoms with Gasteiger partial charge in [-0.15, -0.1) is 5.10 Å². The molecule has 0 spiro atoms. The predicted octanol–water partition coefficient (Wildman–Crippen LogP) is 1.50. The van der Waals surface area contributed by atoms with E-state index in [0.29, 0.717) is 80.6 Å². The molecular formula is C25H31ClN6O5. The minimum absolute atomic E-state index is 0.0337. The summed E-state index contributed by atoms with van der Waals surface area (Å²) in [6.45, 7) is 4.65. The molecule has 1 N–H and O–H groups in total. The number of fused-ring (bicyclic) bond motifs is 5. The van der Waals surface area contributed by atoms with Gasteiger partial charge in [-0.2, -0.15) is 0 Å². The monoisotopic (exact) mass is 530 g/mol. The molecule has 11 nitrogen and oxygen atoms in total. The number of likely N-dealkylation sites (tertiary alicyclic amines) is 2. The number of piperidine rings is 1. The minimum atomic E-state index is -0.411. The Morgan fingerprint density at radius 2 is 1.95 bits per heavy atom. The molecule has 198 valence electrons. The molecule has 1 aromatic carbocycles. The van der Waals surface area contributed by atoms with Crippen molar-refractivity contribution in [2.24, 2.45) is 5.92 Å². The Morgan fingerprint density at radius 3 is 2.73 bits per heavy atom. The molecule has 2 atom stereocenters. The molecule has 1 aromatic heterocycles. The maximum absolute atomic E-state index is 13.4. The van der Waals surface area contributed by atoms with Gasteiger partial charge in [-0.05, 0) is 31.0 Å². The Balaban J connectivity index is 1.33. The van der Waals surface area contributed by atoms with Crippen molar-refractivity contribution in [2.75, 3.05) is 32.8 Å². The fourth-order valence-corrected chi connectivity index (χ4v) is 5.25. The van der Waals surface area contributed by atoms with E-state index in [9.17, 15) is 14.4 Å². The molecule has 0 unspecified atom stereocenters. The van der Waals surface area contributed by atoms with Crippen LogP contribution in [-0.2, 0) is 27.5 Å². The SMILES string of the molecule is CC(=O)N1CCC(C(=O)N2C[C@@H]3NC(=O)c4ccc(Cl)c(c4)OCCCn4cc(nn4)CO[C@H]3C2)CC1. The third-order valence-electron chi connectivity index (χ3n) is 7.20. The number of carbonyl (C=O) groups is 3. The van der Waals surface area contributed by atoms with E-state index < -0.39 is 12.1 Å². The molecule has 3 amide bonds. The first-order valence-corrected chi connectivity index (χ1v) is 13.0. The maximum atomic E-state index is 13.4. The lowest BCUT2D eigenvalue weighted by molar-refractivity contribution is -0.139. The molecule has 3 aliphatic heterocycles. The lowest BCUT2D eigenvalue weighted by Crippen LogP contribution is -2.45. The number of hydrogen-bond acceptors (Lipinski definition) is 7. The zero-order valence-corrected chi connectivity index (χ0v) is 21.5. The zero-order valence-electron chi connectivity index (χ0n) is 20.8. The summed E-state index contributed by atoms with van der Waals surface area (Å²) in [4.78, 5) is 41.7. The quantitative estimate of drug-likeness (QED) is 0.593. The smallest absolute Gasteiger partial charge is 0.251 e. The second-order valence-electron chi connectivity index (χ2n) is 9.77. The normalized spacial score (nSPS) is 23.2. The van der Waals surface area contributed by atoms with Crippen LogP contribution in [0, 0.1) is 5.92 Å². The van der Waals surface area contributed by atoms with Crippen LogP contribution in [0.5, 0.6) is 5.75 Å². The molecule has 4 heterocycles. The van der Waals surface area contributed by atoms with Crippen LogP contribution in [0.1, 0.15) is 42.2 Å². The summed E-state index contributed by atoms with van der Waals surface area (Å²) < 4.78 is 13.7. The molecule has 37 heavy (non-hydrogen) atoms. The summed E-state index contributed by atoms with van der Waals surface area (Å²) in [7, 11) is 0. The van der Waals surface area contributed by atoms with Crippen molar-refractivity contribution in [1.29, 1.82) is 0 Å². The molecule has 0 aliphatic carbocycles. The number of amides is 3. The van der Waals surface area contributed by atoms with E-state index in [1.54, 1.807) is 39.6 Å². The summed E-state index contributed by atoms with van der Waals surface area (Å²) in [6, 6.07) is 4.52. The third-order valence-corrected chi connectivity index (χ3v) is 7.51. The van der Waals surface area contributed by atoms with Gasteiger partial charge in [0.25, 0.3) is 5.91 Å². The Morgan fingerprint density at radius 1 is 1.14 bits per heavy atom. The maximum Gasteiger partial charge on any atom is 0.251 e. The summed E-state index contributed by atoms with van der Waals surface area (Å²) in [5.41, 5.74) is 1.09. The highest BCUT2D eigenvalue weighted by Crippen LogP contribution is 2.27. The number of rotatable bonds is 1. The first-order valence-electron chi connectivity index (χ1n) is 12.7. The molecule has 4 bridgehead atoms. The average Bonchev–Trinajstić information content (AvgIpc) is 3.52. The van der Waals surface area contributed by atoms with Gasteiger partial charge in [-0.1, -0.05) is 16.8 Å². The van der Waals surface area contributed by atoms with E-state index in [1.807, 2.05) is 6.20 Å². The van der Waals surface area contributed by atoms with Gasteiger partial charge in [0.15, 0.2) is 0 Å². The topological polar surface area (TPSA) is 119 Å². The lowest BCUT2D eigenvalue weighted by Gasteiger charge is -2.32. The predicted molar refractivity (Wildman–Crippen MR) is 133 cm³/mol. The molecule has 2 fully saturated rings. The second kappa shape index (κ2) is 11.1. The number of halogens is 1. The molecule has 12 heteroatoms. The molecule has 3 aliphatic rings. The van der Waals surface area contributed by atoms with Gasteiger partial charge < -0.3 is 24.6 Å². The van der Waals surface area contributed by atoms with E-state index >= 15 is 0 Å². The third kappa shape index (κ3) is 5.88. The van der Waals surface area contributed by atoms with Crippen LogP contribution < -0.4 is 10.1 Å². The standard InChI is InChI=1S/C25H31ClN6O5/c1-16(33)30-8-5-17(6-9-30)25(35)31-13-21-23(14-31)37-15-19-12-32(29-28-19)7-2-10-36-22-11-18(24(34)27-21)3-4-20(22)26/h3-4,11-12,17,21,23H,2,5-10,13-15H2,1H3,(H,27,34)/t21-,23-/m0/s1. The van der Waals surface area contributed by atoms with Crippen molar-refractivity contribution >= 4 is 29.3 Å². The van der Waals surface area contributed by atoms with Crippen LogP contribution in [0.4, 0.5) is 0 Å². The van der Waals surface area contributed by atoms with Crippen molar-refractivity contribution in [2.45, 2.75) is 51.5 Å². The highest BCUT2D eigenvalue weighted by Gasteiger charge is 2.40. The number of ether oxygens (including phenoxy) is 2. The first kappa shape index (κ1) is 25.5. The van der Waals surface area contributed by atoms with Gasteiger partial charge in [0, 0.05) is 57.5 Å². The summed E-state index contributed by atoms with van der Waals surface area (Å²) in [5.74, 6) is 0.0675. The summed E-state index contributed by atoms with van der Waals surface area (Å²) in [5, 5.41) is 11.8. The van der Waals surface area contributed by atoms with E-state index in [2.05, 4.69) is 15.6 Å². The number of benzene rings is 1. The average molecular weight is 531 g/mol. The van der Waals surface area contributed by atoms with Crippen molar-refractivity contribution in [3.05, 3.63) is 40.7 Å². The Kier molecular flexibility index (Phi) is 7.61. The molecule has 0 saturated carbocycles. The fourth-order valence-electron chi connectivity index (χ4n) is 5.08. The Bertz CT molecular complexity index is 1160. The van der Waals surface area contributed by atoms with Crippen LogP contribution in [0.2, 0.25) is 5.02 Å². The van der Waals surface area contributed by atoms with Crippen LogP contribution in [0.3, 0.4) is 0 Å². The van der Waals surface area contributed by atoms with Gasteiger partial charge in [0.05, 0.1) is 36.6 Å². The van der Waals surface area contributed by atoms with E-state index in [1.165, 1.54) is 0 Å². The van der Waals surface area contributed by atoms with Gasteiger partial charge >= 0.3 is 0 Å². The summed E-state index contributed by atoms with van der Waals surface area (Å²) >= 11 is 6.29. The van der Waals surface area contributed by atoms with Crippen molar-refractivity contribution in [3.8, 4) is 5.75 Å². The molecule has 2 saturated heterocycles. The molecule has 5 rings (SSSR count). The number of nitrogens with zero attached hydrogens (tertiary/aromatic N) is 5. The van der Waals surface area contributed by atoms with Gasteiger partial charge in [-0.25, -0.2) is 0 Å². The van der Waals surface area contributed by atoms with Crippen molar-refractivity contribution < 1.29 is 23.9 Å². The Hall–Kier alpha value is -3.18. The van der Waals surface area contributed by atoms with Crippen LogP contribution in [0.15, 0.2) is 24.4 Å². The van der Waals surface area contributed by atoms with E-state index in [4.69, 9.17) is 21.1 Å².